The molecule has 0 aliphatic rings. The standard InChI is InChI=1S/C40H31N3O7/c44-24(6-5-22-3-1-16-41-20-22)19-33(45)29-11-7-25-28-10-14-32(40(49)50)37-30(38(46)43-18-15-23-4-2-17-42-21-23)12-8-26(35(28)37)27-9-13-31(39(47)48)36(29)34(25)27/h1-4,7-14,16-17,20-21,24,44H,5-6,15,18-19H2,(H,43,46)(H,47,48)(H,49,50). The number of fused-ring (bicyclic) bond motifs is 2. The molecule has 50 heavy (non-hydrogen) atoms. The van der Waals surface area contributed by atoms with Crippen LogP contribution >= 0.6 is 0 Å². The quantitative estimate of drug-likeness (QED) is 0.0650. The van der Waals surface area contributed by atoms with Gasteiger partial charge in [-0.3, -0.25) is 19.6 Å². The lowest BCUT2D eigenvalue weighted by Gasteiger charge is -2.20. The Kier molecular flexibility index (Phi) is 8.61. The number of aromatic carboxylic acids is 2. The maximum atomic E-state index is 13.8. The summed E-state index contributed by atoms with van der Waals surface area (Å²) in [6.45, 7) is 0.310. The van der Waals surface area contributed by atoms with Crippen molar-refractivity contribution in [3.8, 4) is 0 Å². The van der Waals surface area contributed by atoms with Gasteiger partial charge in [-0.1, -0.05) is 42.5 Å². The van der Waals surface area contributed by atoms with Crippen LogP contribution in [-0.4, -0.2) is 61.6 Å². The topological polar surface area (TPSA) is 167 Å². The molecule has 7 aromatic rings. The third-order valence-electron chi connectivity index (χ3n) is 9.24. The van der Waals surface area contributed by atoms with E-state index in [1.165, 1.54) is 12.1 Å². The fraction of sp³-hybridized carbons (Fsp3) is 0.150. The third kappa shape index (κ3) is 5.86. The van der Waals surface area contributed by atoms with Crippen LogP contribution in [-0.2, 0) is 12.8 Å². The molecule has 10 heteroatoms. The molecule has 2 heterocycles. The Hall–Kier alpha value is -6.26. The number of benzene rings is 5. The van der Waals surface area contributed by atoms with Crippen molar-refractivity contribution in [2.75, 3.05) is 6.54 Å². The molecule has 2 aromatic heterocycles. The Labute approximate surface area is 285 Å². The minimum absolute atomic E-state index is 0.0445. The molecule has 1 amide bonds. The van der Waals surface area contributed by atoms with E-state index in [9.17, 15) is 34.5 Å². The van der Waals surface area contributed by atoms with E-state index in [2.05, 4.69) is 15.3 Å². The van der Waals surface area contributed by atoms with E-state index in [1.54, 1.807) is 67.3 Å². The first kappa shape index (κ1) is 32.3. The van der Waals surface area contributed by atoms with Crippen LogP contribution in [0.4, 0.5) is 0 Å². The van der Waals surface area contributed by atoms with Gasteiger partial charge in [0.15, 0.2) is 5.78 Å². The highest BCUT2D eigenvalue weighted by molar-refractivity contribution is 6.38. The van der Waals surface area contributed by atoms with Crippen molar-refractivity contribution in [3.05, 3.63) is 131 Å². The summed E-state index contributed by atoms with van der Waals surface area (Å²) in [5.41, 5.74) is 2.14. The number of pyridine rings is 2. The van der Waals surface area contributed by atoms with Crippen molar-refractivity contribution in [2.24, 2.45) is 0 Å². The molecule has 7 rings (SSSR count). The highest BCUT2D eigenvalue weighted by atomic mass is 16.4. The second-order valence-electron chi connectivity index (χ2n) is 12.3. The van der Waals surface area contributed by atoms with E-state index in [0.717, 1.165) is 11.1 Å². The van der Waals surface area contributed by atoms with Crippen molar-refractivity contribution in [1.29, 1.82) is 0 Å². The highest BCUT2D eigenvalue weighted by Crippen LogP contribution is 2.44. The first-order chi connectivity index (χ1) is 24.2. The monoisotopic (exact) mass is 665 g/mol. The van der Waals surface area contributed by atoms with Crippen molar-refractivity contribution >= 4 is 66.7 Å². The van der Waals surface area contributed by atoms with E-state index >= 15 is 0 Å². The van der Waals surface area contributed by atoms with Crippen molar-refractivity contribution in [3.63, 3.8) is 0 Å². The molecular weight excluding hydrogens is 634 g/mol. The molecule has 10 nitrogen and oxygen atoms in total. The molecule has 0 aliphatic carbocycles. The Morgan fingerprint density at radius 3 is 1.58 bits per heavy atom. The van der Waals surface area contributed by atoms with Crippen LogP contribution in [0.1, 0.15) is 65.4 Å². The number of carbonyl (C=O) groups excluding carboxylic acids is 2. The number of nitrogens with zero attached hydrogens (tertiary/aromatic N) is 2. The minimum Gasteiger partial charge on any atom is -0.478 e. The van der Waals surface area contributed by atoms with Gasteiger partial charge < -0.3 is 20.6 Å². The van der Waals surface area contributed by atoms with Gasteiger partial charge in [0.05, 0.1) is 17.2 Å². The van der Waals surface area contributed by atoms with E-state index in [4.69, 9.17) is 0 Å². The van der Waals surface area contributed by atoms with Crippen LogP contribution in [0.25, 0.3) is 43.1 Å². The lowest BCUT2D eigenvalue weighted by molar-refractivity contribution is 0.0688. The third-order valence-corrected chi connectivity index (χ3v) is 9.24. The zero-order valence-corrected chi connectivity index (χ0v) is 26.7. The normalized spacial score (nSPS) is 12.1. The summed E-state index contributed by atoms with van der Waals surface area (Å²) in [6.07, 6.45) is 6.98. The van der Waals surface area contributed by atoms with Gasteiger partial charge in [-0.25, -0.2) is 9.59 Å². The molecule has 0 bridgehead atoms. The molecule has 4 N–H and O–H groups in total. The second-order valence-corrected chi connectivity index (χ2v) is 12.3. The fourth-order valence-corrected chi connectivity index (χ4v) is 6.93. The lowest BCUT2D eigenvalue weighted by Crippen LogP contribution is -2.26. The van der Waals surface area contributed by atoms with Crippen LogP contribution in [0.2, 0.25) is 0 Å². The average molecular weight is 666 g/mol. The van der Waals surface area contributed by atoms with Gasteiger partial charge in [0.2, 0.25) is 0 Å². The first-order valence-corrected chi connectivity index (χ1v) is 16.2. The number of carboxylic acids is 2. The average Bonchev–Trinajstić information content (AvgIpc) is 3.12. The number of aromatic nitrogens is 2. The van der Waals surface area contributed by atoms with Gasteiger partial charge in [0.1, 0.15) is 0 Å². The Morgan fingerprint density at radius 2 is 1.08 bits per heavy atom. The Balaban J connectivity index is 1.34. The van der Waals surface area contributed by atoms with Crippen LogP contribution in [0, 0.1) is 0 Å². The molecule has 0 aliphatic heterocycles. The van der Waals surface area contributed by atoms with Gasteiger partial charge >= 0.3 is 11.9 Å². The largest absolute Gasteiger partial charge is 0.478 e. The van der Waals surface area contributed by atoms with Crippen LogP contribution in [0.5, 0.6) is 0 Å². The fourth-order valence-electron chi connectivity index (χ4n) is 6.93. The molecule has 5 aromatic carbocycles. The summed E-state index contributed by atoms with van der Waals surface area (Å²) in [4.78, 5) is 60.7. The second kappa shape index (κ2) is 13.3. The number of ketones is 1. The van der Waals surface area contributed by atoms with Crippen molar-refractivity contribution in [2.45, 2.75) is 31.8 Å². The summed E-state index contributed by atoms with van der Waals surface area (Å²) < 4.78 is 0. The zero-order valence-electron chi connectivity index (χ0n) is 26.7. The summed E-state index contributed by atoms with van der Waals surface area (Å²) in [5, 5.41) is 38.2. The molecular formula is C40H31N3O7. The van der Waals surface area contributed by atoms with Crippen LogP contribution in [0.15, 0.2) is 97.6 Å². The molecule has 0 saturated carbocycles. The lowest BCUT2D eigenvalue weighted by atomic mass is 9.83. The predicted molar refractivity (Wildman–Crippen MR) is 189 cm³/mol. The number of aliphatic hydroxyl groups excluding tert-OH is 1. The maximum absolute atomic E-state index is 13.8. The number of carboxylic acid groups (broad SMARTS) is 2. The van der Waals surface area contributed by atoms with E-state index in [-0.39, 0.29) is 39.4 Å². The van der Waals surface area contributed by atoms with Crippen LogP contribution in [0.3, 0.4) is 0 Å². The SMILES string of the molecule is O=C(O)c1ccc2c3ccc(C(=O)NCCc4cccnc4)c4c(C(=O)O)ccc(c5ccc(C(=O)CC(O)CCc6cccnc6)c1c52)c43. The van der Waals surface area contributed by atoms with Crippen molar-refractivity contribution in [1.82, 2.24) is 15.3 Å². The number of Topliss-reactive ketones (excluding diaryl/α,β-unsaturated/α-hetero) is 1. The zero-order chi connectivity index (χ0) is 34.9. The predicted octanol–water partition coefficient (Wildman–Crippen LogP) is 6.46. The summed E-state index contributed by atoms with van der Waals surface area (Å²) in [6, 6.07) is 20.2. The van der Waals surface area contributed by atoms with Crippen molar-refractivity contribution < 1.29 is 34.5 Å². The van der Waals surface area contributed by atoms with Gasteiger partial charge in [-0.15, -0.1) is 0 Å². The van der Waals surface area contributed by atoms with Gasteiger partial charge in [0, 0.05) is 59.7 Å². The number of carbonyl (C=O) groups is 4. The minimum atomic E-state index is -1.21. The number of amides is 1. The van der Waals surface area contributed by atoms with Crippen LogP contribution < -0.4 is 5.32 Å². The van der Waals surface area contributed by atoms with Gasteiger partial charge in [-0.05, 0) is 93.0 Å². The summed E-state index contributed by atoms with van der Waals surface area (Å²) in [5.74, 6) is -3.24. The van der Waals surface area contributed by atoms with Gasteiger partial charge in [-0.2, -0.15) is 0 Å². The Morgan fingerprint density at radius 1 is 0.600 bits per heavy atom. The Bertz CT molecular complexity index is 2430. The highest BCUT2D eigenvalue weighted by Gasteiger charge is 2.26. The molecule has 0 fully saturated rings. The number of aliphatic hydroxyl groups is 1. The molecule has 248 valence electrons. The number of aryl methyl sites for hydroxylation is 1. The van der Waals surface area contributed by atoms with E-state index in [0.29, 0.717) is 58.1 Å². The molecule has 1 atom stereocenters. The number of hydrogen-bond donors (Lipinski definition) is 4. The van der Waals surface area contributed by atoms with E-state index in [1.807, 2.05) is 18.2 Å². The molecule has 0 radical (unpaired) electrons. The summed E-state index contributed by atoms with van der Waals surface area (Å²) in [7, 11) is 0. The molecule has 0 spiro atoms. The van der Waals surface area contributed by atoms with Gasteiger partial charge in [0.25, 0.3) is 5.91 Å². The first-order valence-electron chi connectivity index (χ1n) is 16.2. The number of hydrogen-bond acceptors (Lipinski definition) is 7. The maximum Gasteiger partial charge on any atom is 0.336 e. The number of nitrogens with one attached hydrogen (secondary N) is 1. The number of rotatable bonds is 12. The molecule has 1 unspecified atom stereocenters. The van der Waals surface area contributed by atoms with E-state index < -0.39 is 29.7 Å². The summed E-state index contributed by atoms with van der Waals surface area (Å²) >= 11 is 0. The smallest absolute Gasteiger partial charge is 0.336 e. The molecule has 0 saturated heterocycles.